The van der Waals surface area contributed by atoms with E-state index in [-0.39, 0.29) is 0 Å². The van der Waals surface area contributed by atoms with E-state index in [0.717, 1.165) is 0 Å². The third-order valence-electron chi connectivity index (χ3n) is 4.32. The lowest BCUT2D eigenvalue weighted by atomic mass is 10.2. The Hall–Kier alpha value is -3.72. The predicted octanol–water partition coefficient (Wildman–Crippen LogP) is 5.08. The largest absolute Gasteiger partial charge is 0.493 e. The van der Waals surface area contributed by atoms with Crippen LogP contribution in [0, 0.1) is 0 Å². The Bertz CT molecular complexity index is 1090. The minimum Gasteiger partial charge on any atom is -0.493 e. The lowest BCUT2D eigenvalue weighted by Gasteiger charge is -2.14. The van der Waals surface area contributed by atoms with E-state index in [0.29, 0.717) is 51.9 Å². The molecule has 0 bridgehead atoms. The van der Waals surface area contributed by atoms with E-state index >= 15 is 0 Å². The maximum atomic E-state index is 11.9. The molecule has 172 valence electrons. The van der Waals surface area contributed by atoms with Gasteiger partial charge in [-0.15, -0.1) is 0 Å². The Labute approximate surface area is 200 Å². The number of para-hydroxylation sites is 3. The maximum Gasteiger partial charge on any atom is 0.339 e. The van der Waals surface area contributed by atoms with Crippen LogP contribution in [0.3, 0.4) is 0 Å². The summed E-state index contributed by atoms with van der Waals surface area (Å²) in [6.07, 6.45) is 1.51. The number of rotatable bonds is 10. The predicted molar refractivity (Wildman–Crippen MR) is 131 cm³/mol. The lowest BCUT2D eigenvalue weighted by Crippen LogP contribution is -2.24. The average Bonchev–Trinajstić information content (AvgIpc) is 2.83. The van der Waals surface area contributed by atoms with Gasteiger partial charge in [-0.2, -0.15) is 5.10 Å². The summed E-state index contributed by atoms with van der Waals surface area (Å²) in [5, 5.41) is 6.65. The van der Waals surface area contributed by atoms with Gasteiger partial charge >= 0.3 is 6.03 Å². The number of amides is 2. The molecule has 0 spiro atoms. The molecule has 0 fully saturated rings. The van der Waals surface area contributed by atoms with Crippen molar-refractivity contribution in [2.24, 2.45) is 5.10 Å². The highest BCUT2D eigenvalue weighted by atomic mass is 79.9. The molecule has 0 saturated carbocycles. The molecule has 9 heteroatoms. The Kier molecular flexibility index (Phi) is 8.96. The van der Waals surface area contributed by atoms with Crippen molar-refractivity contribution in [3.8, 4) is 23.0 Å². The Balaban J connectivity index is 1.55. The number of urea groups is 1. The second kappa shape index (κ2) is 12.4. The smallest absolute Gasteiger partial charge is 0.339 e. The fraction of sp³-hybridized carbons (Fsp3) is 0.167. The first-order valence-corrected chi connectivity index (χ1v) is 10.8. The van der Waals surface area contributed by atoms with Crippen LogP contribution in [-0.4, -0.2) is 39.7 Å². The van der Waals surface area contributed by atoms with Crippen LogP contribution in [0.1, 0.15) is 5.56 Å². The Morgan fingerprint density at radius 1 is 0.909 bits per heavy atom. The fourth-order valence-electron chi connectivity index (χ4n) is 2.83. The molecule has 2 amide bonds. The minimum atomic E-state index is -0.446. The highest BCUT2D eigenvalue weighted by molar-refractivity contribution is 9.10. The summed E-state index contributed by atoms with van der Waals surface area (Å²) in [5.74, 6) is 2.35. The Morgan fingerprint density at radius 2 is 1.58 bits per heavy atom. The van der Waals surface area contributed by atoms with Crippen LogP contribution in [-0.2, 0) is 0 Å². The van der Waals surface area contributed by atoms with Crippen LogP contribution in [0.4, 0.5) is 10.5 Å². The van der Waals surface area contributed by atoms with Crippen molar-refractivity contribution in [3.05, 3.63) is 76.8 Å². The SMILES string of the molecule is COc1ccccc1OCCOc1c(Br)cc(/C=N\NC(=O)Nc2ccccc2)cc1OC. The number of carbonyl (C=O) groups excluding carboxylic acids is 1. The van der Waals surface area contributed by atoms with Crippen molar-refractivity contribution < 1.29 is 23.7 Å². The van der Waals surface area contributed by atoms with Gasteiger partial charge in [-0.1, -0.05) is 30.3 Å². The van der Waals surface area contributed by atoms with Gasteiger partial charge in [0.15, 0.2) is 23.0 Å². The summed E-state index contributed by atoms with van der Waals surface area (Å²) in [7, 11) is 3.14. The number of ether oxygens (including phenoxy) is 4. The van der Waals surface area contributed by atoms with Gasteiger partial charge in [0.2, 0.25) is 0 Å². The standard InChI is InChI=1S/C24H24BrN3O5/c1-30-20-10-6-7-11-21(20)32-12-13-33-23-19(25)14-17(15-22(23)31-2)16-26-28-24(29)27-18-8-4-3-5-9-18/h3-11,14-16H,12-13H2,1-2H3,(H2,27,28,29)/b26-16-. The summed E-state index contributed by atoms with van der Waals surface area (Å²) >= 11 is 3.50. The Morgan fingerprint density at radius 3 is 2.30 bits per heavy atom. The molecule has 0 radical (unpaired) electrons. The van der Waals surface area contributed by atoms with Crippen LogP contribution >= 0.6 is 15.9 Å². The van der Waals surface area contributed by atoms with Gasteiger partial charge in [-0.25, -0.2) is 10.2 Å². The van der Waals surface area contributed by atoms with Gasteiger partial charge in [0.25, 0.3) is 0 Å². The van der Waals surface area contributed by atoms with Gasteiger partial charge in [0.1, 0.15) is 13.2 Å². The van der Waals surface area contributed by atoms with Crippen molar-refractivity contribution in [2.45, 2.75) is 0 Å². The van der Waals surface area contributed by atoms with Gasteiger partial charge in [-0.05, 0) is 57.9 Å². The molecule has 0 aliphatic heterocycles. The molecule has 0 heterocycles. The number of nitrogens with zero attached hydrogens (tertiary/aromatic N) is 1. The quantitative estimate of drug-likeness (QED) is 0.224. The molecule has 0 unspecified atom stereocenters. The summed E-state index contributed by atoms with van der Waals surface area (Å²) in [6.45, 7) is 0.612. The molecular formula is C24H24BrN3O5. The molecule has 0 aromatic heterocycles. The van der Waals surface area contributed by atoms with E-state index in [2.05, 4.69) is 31.8 Å². The van der Waals surface area contributed by atoms with Crippen molar-refractivity contribution in [1.82, 2.24) is 5.43 Å². The molecule has 2 N–H and O–H groups in total. The van der Waals surface area contributed by atoms with Gasteiger partial charge < -0.3 is 24.3 Å². The zero-order valence-electron chi connectivity index (χ0n) is 18.2. The van der Waals surface area contributed by atoms with Crippen molar-refractivity contribution in [2.75, 3.05) is 32.8 Å². The zero-order valence-corrected chi connectivity index (χ0v) is 19.8. The number of hydrogen-bond donors (Lipinski definition) is 2. The number of anilines is 1. The van der Waals surface area contributed by atoms with Crippen LogP contribution < -0.4 is 29.7 Å². The highest BCUT2D eigenvalue weighted by Crippen LogP contribution is 2.36. The van der Waals surface area contributed by atoms with E-state index in [1.165, 1.54) is 6.21 Å². The first-order chi connectivity index (χ1) is 16.1. The first kappa shape index (κ1) is 23.9. The average molecular weight is 514 g/mol. The molecular weight excluding hydrogens is 490 g/mol. The fourth-order valence-corrected chi connectivity index (χ4v) is 3.41. The molecule has 33 heavy (non-hydrogen) atoms. The molecule has 0 aliphatic carbocycles. The third-order valence-corrected chi connectivity index (χ3v) is 4.91. The molecule has 0 atom stereocenters. The number of carbonyl (C=O) groups is 1. The second-order valence-corrected chi connectivity index (χ2v) is 7.43. The molecule has 0 aliphatic rings. The normalized spacial score (nSPS) is 10.5. The zero-order chi connectivity index (χ0) is 23.5. The summed E-state index contributed by atoms with van der Waals surface area (Å²) in [5.41, 5.74) is 3.80. The van der Waals surface area contributed by atoms with E-state index in [9.17, 15) is 4.79 Å². The number of hydrogen-bond acceptors (Lipinski definition) is 6. The monoisotopic (exact) mass is 513 g/mol. The van der Waals surface area contributed by atoms with Gasteiger partial charge in [0.05, 0.1) is 24.9 Å². The van der Waals surface area contributed by atoms with Crippen LogP contribution in [0.2, 0.25) is 0 Å². The van der Waals surface area contributed by atoms with Crippen LogP contribution in [0.15, 0.2) is 76.3 Å². The van der Waals surface area contributed by atoms with E-state index in [1.54, 1.807) is 38.5 Å². The molecule has 3 aromatic carbocycles. The molecule has 3 rings (SSSR count). The molecule has 3 aromatic rings. The van der Waals surface area contributed by atoms with E-state index in [4.69, 9.17) is 18.9 Å². The number of benzene rings is 3. The first-order valence-electron chi connectivity index (χ1n) is 10.0. The summed E-state index contributed by atoms with van der Waals surface area (Å²) < 4.78 is 23.0. The minimum absolute atomic E-state index is 0.293. The number of methoxy groups -OCH3 is 2. The number of nitrogens with one attached hydrogen (secondary N) is 2. The van der Waals surface area contributed by atoms with E-state index in [1.807, 2.05) is 42.5 Å². The molecule has 0 saturated heterocycles. The van der Waals surface area contributed by atoms with Gasteiger partial charge in [0, 0.05) is 5.69 Å². The summed E-state index contributed by atoms with van der Waals surface area (Å²) in [6, 6.07) is 19.6. The summed E-state index contributed by atoms with van der Waals surface area (Å²) in [4.78, 5) is 11.9. The topological polar surface area (TPSA) is 90.4 Å². The maximum absolute atomic E-state index is 11.9. The number of hydrazone groups is 1. The lowest BCUT2D eigenvalue weighted by molar-refractivity contribution is 0.205. The highest BCUT2D eigenvalue weighted by Gasteiger charge is 2.12. The van der Waals surface area contributed by atoms with Crippen molar-refractivity contribution >= 4 is 33.9 Å². The number of halogens is 1. The van der Waals surface area contributed by atoms with Crippen LogP contribution in [0.25, 0.3) is 0 Å². The second-order valence-electron chi connectivity index (χ2n) is 6.57. The molecule has 8 nitrogen and oxygen atoms in total. The van der Waals surface area contributed by atoms with Gasteiger partial charge in [-0.3, -0.25) is 0 Å². The van der Waals surface area contributed by atoms with E-state index < -0.39 is 6.03 Å². The van der Waals surface area contributed by atoms with Crippen LogP contribution in [0.5, 0.6) is 23.0 Å². The van der Waals surface area contributed by atoms with Crippen molar-refractivity contribution in [3.63, 3.8) is 0 Å². The third kappa shape index (κ3) is 7.15. The van der Waals surface area contributed by atoms with Crippen molar-refractivity contribution in [1.29, 1.82) is 0 Å².